The maximum Gasteiger partial charge on any atom is 0.266 e. The molecule has 15 heteroatoms. The van der Waals surface area contributed by atoms with Gasteiger partial charge in [0.25, 0.3) is 11.8 Å². The van der Waals surface area contributed by atoms with Gasteiger partial charge in [0.1, 0.15) is 8.64 Å². The van der Waals surface area contributed by atoms with Gasteiger partial charge < -0.3 is 0 Å². The SMILES string of the molecule is CCCCCCCCc1cc(/C=C2/SC(=S)N(CCCCCCCC)C2=O)sc1-c1cc(CCCCCCCC)c(-c2cc(CCCCCCCC)c(-c3ccc(-c4sc(-c5sc(-c6sc(/C=C7/SC(=S)N(CCCCCCCC)C7=O)cc6CCCCCCCC)cc5CCCCCCCC)cc4CCCCCCCC)s3)s2)s1. The van der Waals surface area contributed by atoms with E-state index in [1.165, 1.54) is 408 Å². The van der Waals surface area contributed by atoms with Crippen molar-refractivity contribution in [3.8, 4) is 58.5 Å². The topological polar surface area (TPSA) is 40.6 Å². The maximum atomic E-state index is 14.2. The third-order valence-corrected chi connectivity index (χ3v) is 35.3. The molecule has 0 aromatic carbocycles. The van der Waals surface area contributed by atoms with Crippen molar-refractivity contribution < 1.29 is 9.59 Å². The van der Waals surface area contributed by atoms with Gasteiger partial charge in [0.2, 0.25) is 0 Å². The van der Waals surface area contributed by atoms with Crippen LogP contribution in [0.15, 0.2) is 58.3 Å². The largest absolute Gasteiger partial charge is 0.293 e. The summed E-state index contributed by atoms with van der Waals surface area (Å²) in [4.78, 5) is 53.4. The van der Waals surface area contributed by atoms with Gasteiger partial charge in [-0.3, -0.25) is 19.4 Å². The summed E-state index contributed by atoms with van der Waals surface area (Å²) in [6, 6.07) is 20.5. The molecule has 0 atom stereocenters. The summed E-state index contributed by atoms with van der Waals surface area (Å²) in [6.07, 6.45) is 71.5. The molecule has 7 aromatic rings. The summed E-state index contributed by atoms with van der Waals surface area (Å²) in [5.41, 5.74) is 9.02. The molecular formula is C100H146N2O2S11. The molecule has 7 aromatic heterocycles. The highest BCUT2D eigenvalue weighted by atomic mass is 32.2. The lowest BCUT2D eigenvalue weighted by Crippen LogP contribution is -2.28. The number of aryl methyl sites for hydroxylation is 6. The zero-order chi connectivity index (χ0) is 81.2. The molecule has 2 fully saturated rings. The molecule has 115 heavy (non-hydrogen) atoms. The van der Waals surface area contributed by atoms with E-state index >= 15 is 0 Å². The summed E-state index contributed by atoms with van der Waals surface area (Å²) in [6.45, 7) is 20.0. The third-order valence-electron chi connectivity index (χ3n) is 23.4. The van der Waals surface area contributed by atoms with Crippen LogP contribution in [0.2, 0.25) is 0 Å². The third kappa shape index (κ3) is 31.2. The molecule has 0 unspecified atom stereocenters. The van der Waals surface area contributed by atoms with Gasteiger partial charge in [0, 0.05) is 81.4 Å². The molecule has 2 saturated heterocycles. The van der Waals surface area contributed by atoms with Gasteiger partial charge in [-0.1, -0.05) is 360 Å². The number of amides is 2. The van der Waals surface area contributed by atoms with Crippen LogP contribution in [-0.2, 0) is 48.1 Å². The highest BCUT2D eigenvalue weighted by Crippen LogP contribution is 2.53. The Bertz CT molecular complexity index is 3780. The molecule has 0 N–H and O–H groups in total. The first kappa shape index (κ1) is 96.0. The van der Waals surface area contributed by atoms with Crippen LogP contribution < -0.4 is 0 Å². The van der Waals surface area contributed by atoms with Crippen LogP contribution in [0.1, 0.15) is 407 Å². The van der Waals surface area contributed by atoms with Crippen molar-refractivity contribution in [2.24, 2.45) is 0 Å². The van der Waals surface area contributed by atoms with Crippen LogP contribution >= 0.6 is 127 Å². The first-order valence-electron chi connectivity index (χ1n) is 46.8. The van der Waals surface area contributed by atoms with Crippen molar-refractivity contribution >= 4 is 160 Å². The van der Waals surface area contributed by atoms with Gasteiger partial charge in [-0.05, 0) is 184 Å². The zero-order valence-corrected chi connectivity index (χ0v) is 81.6. The fraction of sp³-hybridized carbons (Fsp3) is 0.640. The van der Waals surface area contributed by atoms with Crippen LogP contribution in [0.3, 0.4) is 0 Å². The minimum Gasteiger partial charge on any atom is -0.293 e. The van der Waals surface area contributed by atoms with Gasteiger partial charge in [-0.2, -0.15) is 0 Å². The minimum atomic E-state index is 0.0922. The Morgan fingerprint density at radius 1 is 0.252 bits per heavy atom. The molecule has 0 spiro atoms. The van der Waals surface area contributed by atoms with E-state index in [1.54, 1.807) is 0 Å². The number of thiocarbonyl (C=S) groups is 2. The normalized spacial score (nSPS) is 14.1. The Labute approximate surface area is 747 Å². The molecule has 9 heterocycles. The van der Waals surface area contributed by atoms with Crippen molar-refractivity contribution in [1.29, 1.82) is 0 Å². The van der Waals surface area contributed by atoms with Crippen molar-refractivity contribution in [1.82, 2.24) is 9.80 Å². The van der Waals surface area contributed by atoms with E-state index in [0.717, 1.165) is 87.1 Å². The van der Waals surface area contributed by atoms with E-state index in [2.05, 4.69) is 173 Å². The summed E-state index contributed by atoms with van der Waals surface area (Å²) in [5.74, 6) is 0.184. The predicted molar refractivity (Wildman–Crippen MR) is 533 cm³/mol. The van der Waals surface area contributed by atoms with Crippen molar-refractivity contribution in [3.63, 3.8) is 0 Å². The van der Waals surface area contributed by atoms with Crippen LogP contribution in [0.4, 0.5) is 0 Å². The number of thiophene rings is 7. The van der Waals surface area contributed by atoms with Crippen molar-refractivity contribution in [2.45, 2.75) is 402 Å². The van der Waals surface area contributed by atoms with E-state index in [1.807, 2.05) is 32.5 Å². The molecule has 0 saturated carbocycles. The van der Waals surface area contributed by atoms with E-state index in [-0.39, 0.29) is 11.8 Å². The second-order valence-electron chi connectivity index (χ2n) is 33.3. The van der Waals surface area contributed by atoms with Gasteiger partial charge in [0.15, 0.2) is 0 Å². The van der Waals surface area contributed by atoms with Gasteiger partial charge in [-0.15, -0.1) is 79.4 Å². The van der Waals surface area contributed by atoms with Crippen molar-refractivity contribution in [2.75, 3.05) is 13.1 Å². The number of rotatable bonds is 64. The Morgan fingerprint density at radius 2 is 0.461 bits per heavy atom. The fourth-order valence-electron chi connectivity index (χ4n) is 16.5. The summed E-state index contributed by atoms with van der Waals surface area (Å²) < 4.78 is 1.43. The second-order valence-corrected chi connectivity index (χ2v) is 44.2. The Morgan fingerprint density at radius 3 is 0.713 bits per heavy atom. The van der Waals surface area contributed by atoms with Crippen LogP contribution in [0, 0.1) is 0 Å². The average molecular weight is 1760 g/mol. The number of thioether (sulfide) groups is 2. The minimum absolute atomic E-state index is 0.0922. The van der Waals surface area contributed by atoms with Gasteiger partial charge >= 0.3 is 0 Å². The van der Waals surface area contributed by atoms with Crippen LogP contribution in [0.5, 0.6) is 0 Å². The molecule has 634 valence electrons. The number of unbranched alkanes of at least 4 members (excludes halogenated alkanes) is 40. The van der Waals surface area contributed by atoms with Crippen LogP contribution in [0.25, 0.3) is 70.7 Å². The highest BCUT2D eigenvalue weighted by molar-refractivity contribution is 8.27. The van der Waals surface area contributed by atoms with Crippen LogP contribution in [-0.4, -0.2) is 43.3 Å². The number of hydrogen-bond acceptors (Lipinski definition) is 13. The molecule has 9 rings (SSSR count). The molecule has 2 amide bonds. The van der Waals surface area contributed by atoms with E-state index < -0.39 is 0 Å². The second kappa shape index (κ2) is 55.3. The average Bonchev–Trinajstić information content (AvgIpc) is 1.63. The molecule has 0 aliphatic carbocycles. The number of carbonyl (C=O) groups is 2. The molecule has 4 nitrogen and oxygen atoms in total. The summed E-state index contributed by atoms with van der Waals surface area (Å²) in [5, 5.41) is 0. The molecule has 0 bridgehead atoms. The monoisotopic (exact) mass is 1760 g/mol. The maximum absolute atomic E-state index is 14.2. The quantitative estimate of drug-likeness (QED) is 0.0215. The lowest BCUT2D eigenvalue weighted by Gasteiger charge is -2.13. The first-order chi connectivity index (χ1) is 56.4. The Balaban J connectivity index is 1.10. The highest BCUT2D eigenvalue weighted by Gasteiger charge is 2.34. The van der Waals surface area contributed by atoms with Crippen molar-refractivity contribution in [3.05, 3.63) is 101 Å². The van der Waals surface area contributed by atoms with Gasteiger partial charge in [0.05, 0.1) is 9.81 Å². The summed E-state index contributed by atoms with van der Waals surface area (Å²) >= 11 is 29.1. The summed E-state index contributed by atoms with van der Waals surface area (Å²) in [7, 11) is 0. The smallest absolute Gasteiger partial charge is 0.266 e. The zero-order valence-electron chi connectivity index (χ0n) is 72.6. The first-order valence-corrected chi connectivity index (χ1v) is 55.0. The fourth-order valence-corrected chi connectivity index (χ4v) is 28.2. The molecule has 2 aliphatic heterocycles. The Hall–Kier alpha value is -2.80. The van der Waals surface area contributed by atoms with Gasteiger partial charge in [-0.25, -0.2) is 0 Å². The van der Waals surface area contributed by atoms with E-state index in [4.69, 9.17) is 24.4 Å². The molecule has 0 radical (unpaired) electrons. The number of hydrogen-bond donors (Lipinski definition) is 0. The molecular weight excluding hydrogens is 1610 g/mol. The standard InChI is InChI=1S/C100H146N2O2S11/c1-9-17-25-33-41-49-57-75-67-81(73-89-97(103)101(99(105)114-89)65-55-47-39-31-23-15-7)107-93(75)85-71-79(61-53-45-37-29-21-13-5)95(112-85)87-69-77(59-51-43-35-27-19-11-3)91(110-87)83-63-64-84(109-83)92-78(60-52-44-36-28-20-12-4)70-88(111-92)96-80(62-54-46-38-30-22-14-6)72-86(113-96)94-76(58-50-42-34-26-18-10-2)68-82(108-94)74-90-98(104)102(100(106)115-90)66-56-48-40-32-24-16-8/h63-64,67-74H,9-62,65-66H2,1-8H3/b89-73+,90-74+. The Kier molecular flexibility index (Phi) is 46.2. The molecule has 2 aliphatic rings. The number of carbonyl (C=O) groups excluding carboxylic acids is 2. The lowest BCUT2D eigenvalue weighted by molar-refractivity contribution is -0.123. The lowest BCUT2D eigenvalue weighted by atomic mass is 10.0. The number of nitrogens with zero attached hydrogens (tertiary/aromatic N) is 2. The van der Waals surface area contributed by atoms with E-state index in [0.29, 0.717) is 8.64 Å². The van der Waals surface area contributed by atoms with E-state index in [9.17, 15) is 9.59 Å². The predicted octanol–water partition coefficient (Wildman–Crippen LogP) is 36.7.